The zero-order valence-electron chi connectivity index (χ0n) is 11.3. The molecule has 0 saturated carbocycles. The smallest absolute Gasteiger partial charge is 0.335 e. The second-order valence-electron chi connectivity index (χ2n) is 5.13. The normalized spacial score (nSPS) is 12.3. The third kappa shape index (κ3) is 6.26. The van der Waals surface area contributed by atoms with E-state index in [-0.39, 0.29) is 5.91 Å². The van der Waals surface area contributed by atoms with Gasteiger partial charge in [0.15, 0.2) is 5.60 Å². The topological polar surface area (TPSA) is 75.6 Å². The molecule has 2 N–H and O–H groups in total. The number of rotatable bonds is 7. The van der Waals surface area contributed by atoms with Crippen LogP contribution >= 0.6 is 0 Å². The van der Waals surface area contributed by atoms with E-state index in [1.165, 1.54) is 13.8 Å². The summed E-state index contributed by atoms with van der Waals surface area (Å²) in [5, 5.41) is 11.7. The molecule has 100 valence electrons. The number of aliphatic carboxylic acids is 1. The molecule has 0 saturated heterocycles. The van der Waals surface area contributed by atoms with Gasteiger partial charge in [0, 0.05) is 13.0 Å². The fraction of sp³-hybridized carbons (Fsp3) is 0.833. The molecule has 0 fully saturated rings. The first-order chi connectivity index (χ1) is 7.60. The number of carboxylic acids is 1. The molecule has 0 aliphatic heterocycles. The van der Waals surface area contributed by atoms with Crippen LogP contribution in [0.4, 0.5) is 0 Å². The van der Waals surface area contributed by atoms with Gasteiger partial charge in [-0.05, 0) is 34.1 Å². The van der Waals surface area contributed by atoms with E-state index in [0.717, 1.165) is 0 Å². The average Bonchev–Trinajstić information content (AvgIpc) is 2.15. The van der Waals surface area contributed by atoms with Crippen molar-refractivity contribution in [1.29, 1.82) is 0 Å². The quantitative estimate of drug-likeness (QED) is 0.713. The lowest BCUT2D eigenvalue weighted by Gasteiger charge is -2.33. The van der Waals surface area contributed by atoms with Crippen LogP contribution in [0.3, 0.4) is 0 Å². The summed E-state index contributed by atoms with van der Waals surface area (Å²) in [7, 11) is 0. The maximum atomic E-state index is 11.0. The molecule has 0 aromatic heterocycles. The fourth-order valence-electron chi connectivity index (χ4n) is 1.41. The minimum absolute atomic E-state index is 0.0155. The van der Waals surface area contributed by atoms with Crippen molar-refractivity contribution in [3.8, 4) is 0 Å². The molecule has 1 amide bonds. The summed E-state index contributed by atoms with van der Waals surface area (Å²) in [6, 6.07) is 0. The van der Waals surface area contributed by atoms with E-state index in [9.17, 15) is 9.59 Å². The van der Waals surface area contributed by atoms with Gasteiger partial charge in [0.2, 0.25) is 5.91 Å². The Labute approximate surface area is 103 Å². The van der Waals surface area contributed by atoms with E-state index in [2.05, 4.69) is 5.32 Å². The predicted octanol–water partition coefficient (Wildman–Crippen LogP) is 1.56. The van der Waals surface area contributed by atoms with Crippen LogP contribution in [0.5, 0.6) is 0 Å². The Balaban J connectivity index is 4.21. The summed E-state index contributed by atoms with van der Waals surface area (Å²) >= 11 is 0. The summed E-state index contributed by atoms with van der Waals surface area (Å²) in [5.41, 5.74) is -1.82. The molecule has 0 atom stereocenters. The van der Waals surface area contributed by atoms with Crippen molar-refractivity contribution in [2.75, 3.05) is 6.54 Å². The molecule has 0 spiro atoms. The first kappa shape index (κ1) is 15.9. The van der Waals surface area contributed by atoms with Gasteiger partial charge in [0.25, 0.3) is 0 Å². The van der Waals surface area contributed by atoms with Gasteiger partial charge in [-0.15, -0.1) is 0 Å². The van der Waals surface area contributed by atoms with Gasteiger partial charge in [0.1, 0.15) is 0 Å². The third-order valence-electron chi connectivity index (χ3n) is 2.42. The highest BCUT2D eigenvalue weighted by molar-refractivity contribution is 5.76. The number of carbonyl (C=O) groups excluding carboxylic acids is 1. The molecule has 17 heavy (non-hydrogen) atoms. The zero-order chi connectivity index (χ0) is 13.7. The van der Waals surface area contributed by atoms with Crippen molar-refractivity contribution >= 4 is 11.9 Å². The van der Waals surface area contributed by atoms with Crippen molar-refractivity contribution < 1.29 is 19.4 Å². The first-order valence-electron chi connectivity index (χ1n) is 5.81. The monoisotopic (exact) mass is 245 g/mol. The van der Waals surface area contributed by atoms with Gasteiger partial charge in [-0.3, -0.25) is 4.79 Å². The second kappa shape index (κ2) is 6.00. The number of hydrogen-bond acceptors (Lipinski definition) is 3. The Morgan fingerprint density at radius 2 is 1.76 bits per heavy atom. The van der Waals surface area contributed by atoms with Crippen LogP contribution in [0.15, 0.2) is 0 Å². The largest absolute Gasteiger partial charge is 0.479 e. The van der Waals surface area contributed by atoms with Crippen molar-refractivity contribution in [1.82, 2.24) is 5.32 Å². The lowest BCUT2D eigenvalue weighted by atomic mass is 10.0. The van der Waals surface area contributed by atoms with Crippen LogP contribution in [0, 0.1) is 0 Å². The van der Waals surface area contributed by atoms with Crippen molar-refractivity contribution in [2.45, 2.75) is 58.7 Å². The molecule has 0 aliphatic carbocycles. The Kier molecular flexibility index (Phi) is 5.61. The van der Waals surface area contributed by atoms with Crippen molar-refractivity contribution in [2.24, 2.45) is 0 Å². The van der Waals surface area contributed by atoms with E-state index >= 15 is 0 Å². The summed E-state index contributed by atoms with van der Waals surface area (Å²) in [6.07, 6.45) is 1.01. The molecule has 0 aromatic carbocycles. The third-order valence-corrected chi connectivity index (χ3v) is 2.42. The lowest BCUT2D eigenvalue weighted by Crippen LogP contribution is -2.44. The predicted molar refractivity (Wildman–Crippen MR) is 64.8 cm³/mol. The molecule has 0 aromatic rings. The highest BCUT2D eigenvalue weighted by Gasteiger charge is 2.35. The van der Waals surface area contributed by atoms with Crippen molar-refractivity contribution in [3.63, 3.8) is 0 Å². The maximum Gasteiger partial charge on any atom is 0.335 e. The van der Waals surface area contributed by atoms with Crippen LogP contribution in [-0.4, -0.2) is 34.7 Å². The number of hydrogen-bond donors (Lipinski definition) is 2. The van der Waals surface area contributed by atoms with Gasteiger partial charge in [-0.2, -0.15) is 0 Å². The minimum atomic E-state index is -1.22. The SMILES string of the molecule is CCC(=O)NCCC(C)(C)OC(C)(C)C(=O)O. The molecule has 5 heteroatoms. The molecular weight excluding hydrogens is 222 g/mol. The summed E-state index contributed by atoms with van der Waals surface area (Å²) in [4.78, 5) is 22.0. The standard InChI is InChI=1S/C12H23NO4/c1-6-9(14)13-8-7-11(2,3)17-12(4,5)10(15)16/h6-8H2,1-5H3,(H,13,14)(H,15,16). The van der Waals surface area contributed by atoms with E-state index in [1.807, 2.05) is 13.8 Å². The van der Waals surface area contributed by atoms with Gasteiger partial charge in [-0.25, -0.2) is 4.79 Å². The molecular formula is C12H23NO4. The molecule has 0 heterocycles. The Morgan fingerprint density at radius 3 is 2.18 bits per heavy atom. The van der Waals surface area contributed by atoms with Gasteiger partial charge >= 0.3 is 5.97 Å². The summed E-state index contributed by atoms with van der Waals surface area (Å²) in [6.45, 7) is 8.93. The molecule has 5 nitrogen and oxygen atoms in total. The van der Waals surface area contributed by atoms with Gasteiger partial charge in [0.05, 0.1) is 5.60 Å². The molecule has 0 radical (unpaired) electrons. The van der Waals surface area contributed by atoms with Crippen LogP contribution in [-0.2, 0) is 14.3 Å². The molecule has 0 unspecified atom stereocenters. The summed E-state index contributed by atoms with van der Waals surface area (Å²) < 4.78 is 5.55. The van der Waals surface area contributed by atoms with Gasteiger partial charge < -0.3 is 15.2 Å². The zero-order valence-corrected chi connectivity index (χ0v) is 11.3. The number of amides is 1. The van der Waals surface area contributed by atoms with Gasteiger partial charge in [-0.1, -0.05) is 6.92 Å². The molecule has 0 bridgehead atoms. The number of carboxylic acid groups (broad SMARTS) is 1. The Morgan fingerprint density at radius 1 is 1.24 bits per heavy atom. The lowest BCUT2D eigenvalue weighted by molar-refractivity contribution is -0.180. The Hall–Kier alpha value is -1.10. The van der Waals surface area contributed by atoms with E-state index < -0.39 is 17.2 Å². The van der Waals surface area contributed by atoms with E-state index in [4.69, 9.17) is 9.84 Å². The number of carbonyl (C=O) groups is 2. The number of nitrogens with one attached hydrogen (secondary N) is 1. The van der Waals surface area contributed by atoms with Crippen LogP contribution in [0.2, 0.25) is 0 Å². The average molecular weight is 245 g/mol. The molecule has 0 rings (SSSR count). The highest BCUT2D eigenvalue weighted by atomic mass is 16.5. The summed E-state index contributed by atoms with van der Waals surface area (Å²) in [5.74, 6) is -1.01. The van der Waals surface area contributed by atoms with Crippen LogP contribution < -0.4 is 5.32 Å². The van der Waals surface area contributed by atoms with E-state index in [1.54, 1.807) is 6.92 Å². The minimum Gasteiger partial charge on any atom is -0.479 e. The Bertz CT molecular complexity index is 284. The first-order valence-corrected chi connectivity index (χ1v) is 5.81. The van der Waals surface area contributed by atoms with E-state index in [0.29, 0.717) is 19.4 Å². The number of ether oxygens (including phenoxy) is 1. The molecule has 0 aliphatic rings. The maximum absolute atomic E-state index is 11.0. The second-order valence-corrected chi connectivity index (χ2v) is 5.13. The van der Waals surface area contributed by atoms with Crippen LogP contribution in [0.1, 0.15) is 47.5 Å². The fourth-order valence-corrected chi connectivity index (χ4v) is 1.41. The highest BCUT2D eigenvalue weighted by Crippen LogP contribution is 2.23. The van der Waals surface area contributed by atoms with Crippen molar-refractivity contribution in [3.05, 3.63) is 0 Å². The van der Waals surface area contributed by atoms with Crippen LogP contribution in [0.25, 0.3) is 0 Å².